The van der Waals surface area contributed by atoms with Crippen LogP contribution in [0.2, 0.25) is 10.0 Å². The maximum atomic E-state index is 6.17. The highest BCUT2D eigenvalue weighted by Gasteiger charge is 2.12. The van der Waals surface area contributed by atoms with Gasteiger partial charge in [0.25, 0.3) is 0 Å². The van der Waals surface area contributed by atoms with E-state index in [-0.39, 0.29) is 6.04 Å². The molecule has 0 bridgehead atoms. The van der Waals surface area contributed by atoms with Crippen molar-refractivity contribution in [1.29, 1.82) is 0 Å². The van der Waals surface area contributed by atoms with E-state index in [0.717, 1.165) is 16.9 Å². The summed E-state index contributed by atoms with van der Waals surface area (Å²) in [5.41, 5.74) is 2.02. The Hall–Kier alpha value is -1.22. The van der Waals surface area contributed by atoms with Crippen LogP contribution in [0.4, 0.5) is 0 Å². The SMILES string of the molecule is COc1ccccc1C(C)NCc1c(Cl)cccc1Cl. The maximum Gasteiger partial charge on any atom is 0.123 e. The van der Waals surface area contributed by atoms with Gasteiger partial charge < -0.3 is 10.1 Å². The summed E-state index contributed by atoms with van der Waals surface area (Å²) in [4.78, 5) is 0. The zero-order valence-corrected chi connectivity index (χ0v) is 13.0. The summed E-state index contributed by atoms with van der Waals surface area (Å²) in [6.07, 6.45) is 0. The molecule has 0 heterocycles. The van der Waals surface area contributed by atoms with E-state index in [4.69, 9.17) is 27.9 Å². The van der Waals surface area contributed by atoms with E-state index in [1.165, 1.54) is 0 Å². The molecule has 0 aliphatic rings. The molecule has 2 rings (SSSR count). The second-order valence-corrected chi connectivity index (χ2v) is 5.36. The molecule has 0 aliphatic carbocycles. The van der Waals surface area contributed by atoms with Crippen LogP contribution < -0.4 is 10.1 Å². The smallest absolute Gasteiger partial charge is 0.123 e. The normalized spacial score (nSPS) is 12.2. The summed E-state index contributed by atoms with van der Waals surface area (Å²) < 4.78 is 5.37. The number of para-hydroxylation sites is 1. The molecule has 4 heteroatoms. The summed E-state index contributed by atoms with van der Waals surface area (Å²) >= 11 is 12.3. The van der Waals surface area contributed by atoms with Crippen LogP contribution in [0.25, 0.3) is 0 Å². The van der Waals surface area contributed by atoms with Gasteiger partial charge in [-0.2, -0.15) is 0 Å². The van der Waals surface area contributed by atoms with Gasteiger partial charge >= 0.3 is 0 Å². The quantitative estimate of drug-likeness (QED) is 0.852. The first-order chi connectivity index (χ1) is 9.63. The maximum absolute atomic E-state index is 6.17. The Kier molecular flexibility index (Phi) is 5.30. The molecule has 0 radical (unpaired) electrons. The molecular formula is C16H17Cl2NO. The molecule has 0 spiro atoms. The molecule has 0 amide bonds. The Morgan fingerprint density at radius 2 is 1.70 bits per heavy atom. The molecule has 0 aromatic heterocycles. The van der Waals surface area contributed by atoms with Crippen molar-refractivity contribution in [3.8, 4) is 5.75 Å². The van der Waals surface area contributed by atoms with Gasteiger partial charge in [0.2, 0.25) is 0 Å². The van der Waals surface area contributed by atoms with Crippen LogP contribution in [0.15, 0.2) is 42.5 Å². The number of rotatable bonds is 5. The highest BCUT2D eigenvalue weighted by Crippen LogP contribution is 2.27. The Morgan fingerprint density at radius 3 is 2.35 bits per heavy atom. The highest BCUT2D eigenvalue weighted by molar-refractivity contribution is 6.35. The molecule has 1 N–H and O–H groups in total. The lowest BCUT2D eigenvalue weighted by Gasteiger charge is -2.18. The Balaban J connectivity index is 2.11. The zero-order valence-electron chi connectivity index (χ0n) is 11.5. The number of nitrogens with one attached hydrogen (secondary N) is 1. The Bertz CT molecular complexity index is 566. The number of methoxy groups -OCH3 is 1. The van der Waals surface area contributed by atoms with Crippen molar-refractivity contribution in [3.05, 3.63) is 63.6 Å². The molecular weight excluding hydrogens is 293 g/mol. The van der Waals surface area contributed by atoms with Crippen molar-refractivity contribution < 1.29 is 4.74 Å². The minimum Gasteiger partial charge on any atom is -0.496 e. The van der Waals surface area contributed by atoms with E-state index in [1.54, 1.807) is 7.11 Å². The minimum atomic E-state index is 0.137. The first-order valence-electron chi connectivity index (χ1n) is 6.42. The van der Waals surface area contributed by atoms with E-state index in [1.807, 2.05) is 42.5 Å². The first kappa shape index (κ1) is 15.2. The van der Waals surface area contributed by atoms with Crippen molar-refractivity contribution in [3.63, 3.8) is 0 Å². The molecule has 0 fully saturated rings. The largest absolute Gasteiger partial charge is 0.496 e. The molecule has 1 atom stereocenters. The van der Waals surface area contributed by atoms with Gasteiger partial charge in [-0.1, -0.05) is 47.5 Å². The monoisotopic (exact) mass is 309 g/mol. The van der Waals surface area contributed by atoms with Gasteiger partial charge in [-0.05, 0) is 25.1 Å². The predicted octanol–water partition coefficient (Wildman–Crippen LogP) is 4.85. The average molecular weight is 310 g/mol. The highest BCUT2D eigenvalue weighted by atomic mass is 35.5. The van der Waals surface area contributed by atoms with Crippen LogP contribution in [-0.4, -0.2) is 7.11 Å². The van der Waals surface area contributed by atoms with Crippen molar-refractivity contribution in [1.82, 2.24) is 5.32 Å². The standard InChI is InChI=1S/C16H17Cl2NO/c1-11(12-6-3-4-9-16(12)20-2)19-10-13-14(17)7-5-8-15(13)18/h3-9,11,19H,10H2,1-2H3. The fraction of sp³-hybridized carbons (Fsp3) is 0.250. The number of hydrogen-bond acceptors (Lipinski definition) is 2. The topological polar surface area (TPSA) is 21.3 Å². The molecule has 0 saturated heterocycles. The molecule has 20 heavy (non-hydrogen) atoms. The Morgan fingerprint density at radius 1 is 1.05 bits per heavy atom. The average Bonchev–Trinajstić information content (AvgIpc) is 2.46. The van der Waals surface area contributed by atoms with Gasteiger partial charge in [0.05, 0.1) is 7.11 Å². The summed E-state index contributed by atoms with van der Waals surface area (Å²) in [5, 5.41) is 4.78. The number of benzene rings is 2. The van der Waals surface area contributed by atoms with Gasteiger partial charge in [-0.3, -0.25) is 0 Å². The molecule has 0 saturated carbocycles. The fourth-order valence-corrected chi connectivity index (χ4v) is 2.62. The van der Waals surface area contributed by atoms with Crippen molar-refractivity contribution in [2.75, 3.05) is 7.11 Å². The summed E-state index contributed by atoms with van der Waals surface area (Å²) in [5.74, 6) is 0.873. The Labute approximate surface area is 129 Å². The van der Waals surface area contributed by atoms with Crippen LogP contribution in [0, 0.1) is 0 Å². The van der Waals surface area contributed by atoms with Crippen LogP contribution in [0.5, 0.6) is 5.75 Å². The lowest BCUT2D eigenvalue weighted by molar-refractivity contribution is 0.401. The van der Waals surface area contributed by atoms with E-state index in [0.29, 0.717) is 16.6 Å². The third kappa shape index (κ3) is 3.45. The number of hydrogen-bond donors (Lipinski definition) is 1. The van der Waals surface area contributed by atoms with Gasteiger partial charge in [0.1, 0.15) is 5.75 Å². The second kappa shape index (κ2) is 6.98. The minimum absolute atomic E-state index is 0.137. The summed E-state index contributed by atoms with van der Waals surface area (Å²) in [6, 6.07) is 13.6. The van der Waals surface area contributed by atoms with E-state index >= 15 is 0 Å². The molecule has 106 valence electrons. The van der Waals surface area contributed by atoms with Crippen molar-refractivity contribution in [2.24, 2.45) is 0 Å². The third-order valence-corrected chi connectivity index (χ3v) is 3.96. The zero-order chi connectivity index (χ0) is 14.5. The van der Waals surface area contributed by atoms with Crippen molar-refractivity contribution >= 4 is 23.2 Å². The summed E-state index contributed by atoms with van der Waals surface area (Å²) in [7, 11) is 1.68. The van der Waals surface area contributed by atoms with Crippen LogP contribution in [-0.2, 0) is 6.54 Å². The summed E-state index contributed by atoms with van der Waals surface area (Å²) in [6.45, 7) is 2.69. The molecule has 1 unspecified atom stereocenters. The van der Waals surface area contributed by atoms with Gasteiger partial charge in [-0.25, -0.2) is 0 Å². The van der Waals surface area contributed by atoms with Gasteiger partial charge in [0.15, 0.2) is 0 Å². The van der Waals surface area contributed by atoms with E-state index in [2.05, 4.69) is 12.2 Å². The molecule has 2 aromatic rings. The first-order valence-corrected chi connectivity index (χ1v) is 7.18. The second-order valence-electron chi connectivity index (χ2n) is 4.54. The van der Waals surface area contributed by atoms with E-state index < -0.39 is 0 Å². The van der Waals surface area contributed by atoms with Crippen LogP contribution in [0.3, 0.4) is 0 Å². The third-order valence-electron chi connectivity index (χ3n) is 3.25. The lowest BCUT2D eigenvalue weighted by atomic mass is 10.1. The van der Waals surface area contributed by atoms with Crippen LogP contribution >= 0.6 is 23.2 Å². The van der Waals surface area contributed by atoms with Gasteiger partial charge in [0, 0.05) is 33.8 Å². The van der Waals surface area contributed by atoms with Crippen molar-refractivity contribution in [2.45, 2.75) is 19.5 Å². The fourth-order valence-electron chi connectivity index (χ4n) is 2.09. The predicted molar refractivity (Wildman–Crippen MR) is 84.7 cm³/mol. The number of halogens is 2. The molecule has 2 aromatic carbocycles. The van der Waals surface area contributed by atoms with Crippen LogP contribution in [0.1, 0.15) is 24.1 Å². The molecule has 2 nitrogen and oxygen atoms in total. The van der Waals surface area contributed by atoms with Gasteiger partial charge in [-0.15, -0.1) is 0 Å². The lowest BCUT2D eigenvalue weighted by Crippen LogP contribution is -2.19. The van der Waals surface area contributed by atoms with E-state index in [9.17, 15) is 0 Å². The number of ether oxygens (including phenoxy) is 1. The molecule has 0 aliphatic heterocycles.